The van der Waals surface area contributed by atoms with Gasteiger partial charge in [0.05, 0.1) is 19.9 Å². The first-order chi connectivity index (χ1) is 13.1. The number of amidine groups is 2. The van der Waals surface area contributed by atoms with E-state index in [0.29, 0.717) is 17.3 Å². The Bertz CT molecular complexity index is 984. The van der Waals surface area contributed by atoms with Gasteiger partial charge in [0.15, 0.2) is 16.7 Å². The van der Waals surface area contributed by atoms with E-state index >= 15 is 0 Å². The molecule has 0 N–H and O–H groups in total. The first-order valence-corrected chi connectivity index (χ1v) is 9.50. The van der Waals surface area contributed by atoms with Gasteiger partial charge < -0.3 is 9.47 Å². The number of thioether (sulfide) groups is 1. The molecule has 0 saturated carbocycles. The molecule has 7 heteroatoms. The number of nitrogens with zero attached hydrogens (tertiary/aromatic N) is 3. The standard InChI is InChI=1S/C20H19N3O3S/c1-12-5-4-6-13(7-12)11-27-20-21-15-9-17(26-3)16(25-2)8-14(15)19-22-18(24)10-23(19)20/h4-9H,10-11H2,1-3H3. The molecule has 0 aromatic heterocycles. The number of benzene rings is 2. The van der Waals surface area contributed by atoms with Crippen molar-refractivity contribution in [3.05, 3.63) is 53.1 Å². The van der Waals surface area contributed by atoms with Crippen molar-refractivity contribution < 1.29 is 14.3 Å². The second kappa shape index (κ2) is 7.08. The van der Waals surface area contributed by atoms with Crippen LogP contribution in [-0.2, 0) is 10.5 Å². The van der Waals surface area contributed by atoms with Crippen LogP contribution in [0, 0.1) is 6.92 Å². The molecular formula is C20H19N3O3S. The van der Waals surface area contributed by atoms with E-state index in [4.69, 9.17) is 14.5 Å². The molecule has 0 spiro atoms. The Kier molecular flexibility index (Phi) is 4.61. The molecule has 1 amide bonds. The Balaban J connectivity index is 1.71. The van der Waals surface area contributed by atoms with Gasteiger partial charge in [0, 0.05) is 17.4 Å². The highest BCUT2D eigenvalue weighted by molar-refractivity contribution is 8.13. The summed E-state index contributed by atoms with van der Waals surface area (Å²) in [5.74, 6) is 2.40. The topological polar surface area (TPSA) is 63.5 Å². The van der Waals surface area contributed by atoms with Crippen molar-refractivity contribution in [2.45, 2.75) is 12.7 Å². The lowest BCUT2D eigenvalue weighted by atomic mass is 10.1. The van der Waals surface area contributed by atoms with Crippen molar-refractivity contribution in [2.75, 3.05) is 20.8 Å². The van der Waals surface area contributed by atoms with E-state index < -0.39 is 0 Å². The number of fused-ring (bicyclic) bond motifs is 3. The summed E-state index contributed by atoms with van der Waals surface area (Å²) in [4.78, 5) is 22.9. The highest BCUT2D eigenvalue weighted by Crippen LogP contribution is 2.40. The molecule has 0 unspecified atom stereocenters. The molecule has 0 radical (unpaired) electrons. The van der Waals surface area contributed by atoms with Crippen LogP contribution in [0.15, 0.2) is 46.4 Å². The highest BCUT2D eigenvalue weighted by atomic mass is 32.2. The normalized spacial score (nSPS) is 15.1. The summed E-state index contributed by atoms with van der Waals surface area (Å²) in [7, 11) is 3.17. The van der Waals surface area contributed by atoms with Gasteiger partial charge in [-0.1, -0.05) is 41.6 Å². The van der Waals surface area contributed by atoms with Gasteiger partial charge >= 0.3 is 0 Å². The predicted octanol–water partition coefficient (Wildman–Crippen LogP) is 3.54. The number of aryl methyl sites for hydroxylation is 1. The van der Waals surface area contributed by atoms with Crippen LogP contribution >= 0.6 is 11.8 Å². The minimum atomic E-state index is -0.170. The van der Waals surface area contributed by atoms with Crippen LogP contribution in [-0.4, -0.2) is 42.6 Å². The molecule has 27 heavy (non-hydrogen) atoms. The van der Waals surface area contributed by atoms with Crippen LogP contribution in [0.1, 0.15) is 16.7 Å². The van der Waals surface area contributed by atoms with E-state index in [1.807, 2.05) is 23.1 Å². The summed E-state index contributed by atoms with van der Waals surface area (Å²) in [6.07, 6.45) is 0. The third kappa shape index (κ3) is 3.30. The quantitative estimate of drug-likeness (QED) is 0.811. The van der Waals surface area contributed by atoms with Crippen molar-refractivity contribution in [1.29, 1.82) is 0 Å². The number of amides is 1. The molecule has 0 saturated heterocycles. The monoisotopic (exact) mass is 381 g/mol. The number of hydrogen-bond donors (Lipinski definition) is 0. The molecule has 2 aromatic carbocycles. The molecule has 4 rings (SSSR count). The van der Waals surface area contributed by atoms with Crippen LogP contribution in [0.5, 0.6) is 11.5 Å². The molecule has 2 heterocycles. The van der Waals surface area contributed by atoms with Gasteiger partial charge in [-0.25, -0.2) is 4.99 Å². The van der Waals surface area contributed by atoms with Crippen molar-refractivity contribution in [3.63, 3.8) is 0 Å². The average molecular weight is 381 g/mol. The van der Waals surface area contributed by atoms with Gasteiger partial charge in [-0.15, -0.1) is 0 Å². The summed E-state index contributed by atoms with van der Waals surface area (Å²) >= 11 is 1.60. The lowest BCUT2D eigenvalue weighted by molar-refractivity contribution is -0.116. The Morgan fingerprint density at radius 2 is 1.89 bits per heavy atom. The fraction of sp³-hybridized carbons (Fsp3) is 0.250. The van der Waals surface area contributed by atoms with Gasteiger partial charge in [-0.05, 0) is 18.6 Å². The molecule has 138 valence electrons. The van der Waals surface area contributed by atoms with E-state index in [1.54, 1.807) is 26.0 Å². The zero-order valence-electron chi connectivity index (χ0n) is 15.4. The molecular weight excluding hydrogens is 362 g/mol. The molecule has 0 aliphatic carbocycles. The third-order valence-corrected chi connectivity index (χ3v) is 5.47. The largest absolute Gasteiger partial charge is 0.493 e. The van der Waals surface area contributed by atoms with Gasteiger partial charge in [0.2, 0.25) is 0 Å². The van der Waals surface area contributed by atoms with Crippen LogP contribution in [0.4, 0.5) is 5.69 Å². The highest BCUT2D eigenvalue weighted by Gasteiger charge is 2.34. The Morgan fingerprint density at radius 3 is 2.63 bits per heavy atom. The Labute approximate surface area is 161 Å². The maximum Gasteiger partial charge on any atom is 0.267 e. The number of aliphatic imine (C=N–C) groups is 2. The number of carbonyl (C=O) groups is 1. The van der Waals surface area contributed by atoms with Crippen LogP contribution in [0.3, 0.4) is 0 Å². The van der Waals surface area contributed by atoms with Crippen LogP contribution < -0.4 is 9.47 Å². The van der Waals surface area contributed by atoms with Gasteiger partial charge in [0.1, 0.15) is 12.4 Å². The first kappa shape index (κ1) is 17.6. The smallest absolute Gasteiger partial charge is 0.267 e. The molecule has 2 aromatic rings. The van der Waals surface area contributed by atoms with E-state index in [9.17, 15) is 4.79 Å². The van der Waals surface area contributed by atoms with E-state index in [-0.39, 0.29) is 12.5 Å². The van der Waals surface area contributed by atoms with Gasteiger partial charge in [-0.3, -0.25) is 9.69 Å². The number of carbonyl (C=O) groups excluding carboxylic acids is 1. The number of ether oxygens (including phenoxy) is 2. The minimum absolute atomic E-state index is 0.170. The number of rotatable bonds is 4. The lowest BCUT2D eigenvalue weighted by Gasteiger charge is -2.27. The van der Waals surface area contributed by atoms with Gasteiger partial charge in [-0.2, -0.15) is 4.99 Å². The molecule has 0 atom stereocenters. The first-order valence-electron chi connectivity index (χ1n) is 8.51. The van der Waals surface area contributed by atoms with Crippen molar-refractivity contribution in [2.24, 2.45) is 9.98 Å². The second-order valence-corrected chi connectivity index (χ2v) is 7.25. The average Bonchev–Trinajstić information content (AvgIpc) is 3.07. The molecule has 0 bridgehead atoms. The zero-order chi connectivity index (χ0) is 19.0. The van der Waals surface area contributed by atoms with Crippen LogP contribution in [0.25, 0.3) is 0 Å². The summed E-state index contributed by atoms with van der Waals surface area (Å²) < 4.78 is 10.8. The second-order valence-electron chi connectivity index (χ2n) is 6.31. The number of methoxy groups -OCH3 is 2. The van der Waals surface area contributed by atoms with Crippen LogP contribution in [0.2, 0.25) is 0 Å². The van der Waals surface area contributed by atoms with E-state index in [2.05, 4.69) is 30.1 Å². The molecule has 2 aliphatic rings. The predicted molar refractivity (Wildman–Crippen MR) is 107 cm³/mol. The minimum Gasteiger partial charge on any atom is -0.493 e. The maximum atomic E-state index is 12.0. The van der Waals surface area contributed by atoms with E-state index in [1.165, 1.54) is 11.1 Å². The molecule has 0 fully saturated rings. The lowest BCUT2D eigenvalue weighted by Crippen LogP contribution is -2.36. The summed E-state index contributed by atoms with van der Waals surface area (Å²) in [6, 6.07) is 12.0. The SMILES string of the molecule is COc1cc2c(cc1OC)C1=NC(=O)CN1C(SCc1cccc(C)c1)=N2. The summed E-state index contributed by atoms with van der Waals surface area (Å²) in [5.41, 5.74) is 3.94. The van der Waals surface area contributed by atoms with Crippen molar-refractivity contribution in [3.8, 4) is 11.5 Å². The fourth-order valence-electron chi connectivity index (χ4n) is 3.15. The third-order valence-electron chi connectivity index (χ3n) is 4.42. The molecule has 6 nitrogen and oxygen atoms in total. The fourth-order valence-corrected chi connectivity index (χ4v) is 4.10. The van der Waals surface area contributed by atoms with Crippen molar-refractivity contribution in [1.82, 2.24) is 4.90 Å². The zero-order valence-corrected chi connectivity index (χ0v) is 16.2. The Morgan fingerprint density at radius 1 is 1.11 bits per heavy atom. The number of hydrogen-bond acceptors (Lipinski definition) is 6. The maximum absolute atomic E-state index is 12.0. The van der Waals surface area contributed by atoms with Gasteiger partial charge in [0.25, 0.3) is 5.91 Å². The summed E-state index contributed by atoms with van der Waals surface area (Å²) in [5, 5.41) is 0.765. The van der Waals surface area contributed by atoms with E-state index in [0.717, 1.165) is 22.2 Å². The van der Waals surface area contributed by atoms with Crippen molar-refractivity contribution >= 4 is 34.4 Å². The summed E-state index contributed by atoms with van der Waals surface area (Å²) in [6.45, 7) is 2.29. The Hall–Kier alpha value is -2.80. The molecule has 2 aliphatic heterocycles.